The van der Waals surface area contributed by atoms with Crippen molar-refractivity contribution in [3.8, 4) is 0 Å². The molecule has 0 saturated carbocycles. The summed E-state index contributed by atoms with van der Waals surface area (Å²) in [5, 5.41) is 0. The van der Waals surface area contributed by atoms with Crippen molar-refractivity contribution in [3.05, 3.63) is 64.6 Å². The average Bonchev–Trinajstić information content (AvgIpc) is 3.49. The van der Waals surface area contributed by atoms with Crippen LogP contribution in [0.5, 0.6) is 0 Å². The molecule has 2 N–H and O–H groups in total. The van der Waals surface area contributed by atoms with Crippen LogP contribution in [0.15, 0.2) is 46.9 Å². The van der Waals surface area contributed by atoms with Crippen molar-refractivity contribution in [2.75, 3.05) is 7.11 Å². The zero-order valence-corrected chi connectivity index (χ0v) is 18.7. The summed E-state index contributed by atoms with van der Waals surface area (Å²) in [5.74, 6) is 1.46. The maximum atomic E-state index is 5.73. The molecule has 1 aliphatic heterocycles. The first kappa shape index (κ1) is 20.8. The lowest BCUT2D eigenvalue weighted by Crippen LogP contribution is -2.02. The number of hydrogen-bond acceptors (Lipinski definition) is 2. The fourth-order valence-electron chi connectivity index (χ4n) is 4.91. The van der Waals surface area contributed by atoms with Crippen LogP contribution >= 0.6 is 0 Å². The quantitative estimate of drug-likeness (QED) is 0.559. The summed E-state index contributed by atoms with van der Waals surface area (Å²) in [5.41, 5.74) is 8.20. The molecule has 0 amide bonds. The summed E-state index contributed by atoms with van der Waals surface area (Å²) in [6, 6.07) is 6.50. The lowest BCUT2D eigenvalue weighted by molar-refractivity contribution is 0.302. The van der Waals surface area contributed by atoms with Gasteiger partial charge in [0.25, 0.3) is 0 Å². The van der Waals surface area contributed by atoms with Gasteiger partial charge in [-0.05, 0) is 62.3 Å². The molecule has 1 unspecified atom stereocenters. The Balaban J connectivity index is 1.77. The fraction of sp³-hybridized carbons (Fsp3) is 0.500. The molecule has 0 fully saturated rings. The van der Waals surface area contributed by atoms with Crippen molar-refractivity contribution >= 4 is 11.3 Å². The number of aromatic amines is 2. The molecular formula is C26H35N3O. The molecule has 2 aromatic heterocycles. The highest BCUT2D eigenvalue weighted by Crippen LogP contribution is 2.38. The van der Waals surface area contributed by atoms with Crippen molar-refractivity contribution in [2.24, 2.45) is 4.99 Å². The van der Waals surface area contributed by atoms with Crippen LogP contribution in [0.4, 0.5) is 0 Å². The van der Waals surface area contributed by atoms with E-state index >= 15 is 0 Å². The van der Waals surface area contributed by atoms with E-state index in [-0.39, 0.29) is 0 Å². The Kier molecular flexibility index (Phi) is 6.61. The standard InChI is InChI=1S/C26H35N3O/c1-4-11-19-12-8-6-5-7-9-13-20-16-21(19)25(28-20)18(2)26-24(30-3)17-23(29-26)22-14-10-15-27-22/h10,14-17,19,27-28H,4-9,11-13H2,1-3H3/b26-18+. The molecule has 4 heteroatoms. The van der Waals surface area contributed by atoms with Crippen molar-refractivity contribution in [2.45, 2.75) is 77.6 Å². The zero-order valence-electron chi connectivity index (χ0n) is 18.7. The highest BCUT2D eigenvalue weighted by molar-refractivity contribution is 6.11. The number of rotatable bonds is 5. The molecule has 1 aliphatic carbocycles. The molecule has 30 heavy (non-hydrogen) atoms. The summed E-state index contributed by atoms with van der Waals surface area (Å²) in [4.78, 5) is 12.0. The second-order valence-corrected chi connectivity index (χ2v) is 8.68. The first-order valence-electron chi connectivity index (χ1n) is 11.6. The van der Waals surface area contributed by atoms with Gasteiger partial charge in [0.2, 0.25) is 0 Å². The second kappa shape index (κ2) is 9.55. The molecule has 3 heterocycles. The summed E-state index contributed by atoms with van der Waals surface area (Å²) in [6.07, 6.45) is 15.5. The maximum absolute atomic E-state index is 5.73. The maximum Gasteiger partial charge on any atom is 0.147 e. The van der Waals surface area contributed by atoms with Gasteiger partial charge in [0.1, 0.15) is 11.5 Å². The van der Waals surface area contributed by atoms with Gasteiger partial charge in [-0.25, -0.2) is 4.99 Å². The highest BCUT2D eigenvalue weighted by atomic mass is 16.5. The molecule has 2 aliphatic rings. The van der Waals surface area contributed by atoms with E-state index in [0.717, 1.165) is 29.3 Å². The first-order chi connectivity index (χ1) is 14.7. The summed E-state index contributed by atoms with van der Waals surface area (Å²) in [6.45, 7) is 4.50. The number of methoxy groups -OCH3 is 1. The largest absolute Gasteiger partial charge is 0.494 e. The Morgan fingerprint density at radius 3 is 2.80 bits per heavy atom. The minimum Gasteiger partial charge on any atom is -0.494 e. The number of aryl methyl sites for hydroxylation is 1. The number of ether oxygens (including phenoxy) is 1. The molecule has 4 rings (SSSR count). The minimum absolute atomic E-state index is 0.617. The van der Waals surface area contributed by atoms with Gasteiger partial charge in [0.05, 0.1) is 18.5 Å². The lowest BCUT2D eigenvalue weighted by atomic mass is 9.87. The van der Waals surface area contributed by atoms with Crippen LogP contribution in [0, 0.1) is 0 Å². The molecular weight excluding hydrogens is 370 g/mol. The van der Waals surface area contributed by atoms with Crippen LogP contribution in [0.25, 0.3) is 5.57 Å². The second-order valence-electron chi connectivity index (χ2n) is 8.68. The van der Waals surface area contributed by atoms with E-state index in [4.69, 9.17) is 9.73 Å². The van der Waals surface area contributed by atoms with Gasteiger partial charge in [0.15, 0.2) is 0 Å². The number of fused-ring (bicyclic) bond motifs is 2. The zero-order chi connectivity index (χ0) is 20.9. The monoisotopic (exact) mass is 405 g/mol. The van der Waals surface area contributed by atoms with E-state index < -0.39 is 0 Å². The third-order valence-electron chi connectivity index (χ3n) is 6.54. The number of H-pyrrole nitrogens is 2. The smallest absolute Gasteiger partial charge is 0.147 e. The van der Waals surface area contributed by atoms with Crippen LogP contribution < -0.4 is 0 Å². The summed E-state index contributed by atoms with van der Waals surface area (Å²) >= 11 is 0. The van der Waals surface area contributed by atoms with E-state index in [9.17, 15) is 0 Å². The molecule has 2 bridgehead atoms. The van der Waals surface area contributed by atoms with Crippen LogP contribution in [-0.4, -0.2) is 22.8 Å². The molecule has 2 aromatic rings. The van der Waals surface area contributed by atoms with Crippen molar-refractivity contribution in [3.63, 3.8) is 0 Å². The average molecular weight is 406 g/mol. The number of aliphatic imine (C=N–C) groups is 1. The van der Waals surface area contributed by atoms with Crippen LogP contribution in [0.1, 0.15) is 93.8 Å². The number of nitrogens with zero attached hydrogens (tertiary/aromatic N) is 1. The third kappa shape index (κ3) is 4.33. The first-order valence-corrected chi connectivity index (χ1v) is 11.6. The SMILES string of the molecule is CCCC1CCCCCCCc2cc1c(/C(C)=C1/N=C(c3ccc[nH]3)C=C1OC)[nH]2. The fourth-order valence-corrected chi connectivity index (χ4v) is 4.91. The van der Waals surface area contributed by atoms with Crippen molar-refractivity contribution in [1.29, 1.82) is 0 Å². The molecule has 0 radical (unpaired) electrons. The Morgan fingerprint density at radius 1 is 1.20 bits per heavy atom. The molecule has 1 atom stereocenters. The van der Waals surface area contributed by atoms with Gasteiger partial charge in [-0.3, -0.25) is 0 Å². The normalized spacial score (nSPS) is 21.6. The topological polar surface area (TPSA) is 53.2 Å². The molecule has 160 valence electrons. The van der Waals surface area contributed by atoms with Crippen LogP contribution in [-0.2, 0) is 11.2 Å². The van der Waals surface area contributed by atoms with E-state index in [0.29, 0.717) is 5.92 Å². The molecule has 0 spiro atoms. The Morgan fingerprint density at radius 2 is 2.03 bits per heavy atom. The van der Waals surface area contributed by atoms with Crippen LogP contribution in [0.3, 0.4) is 0 Å². The number of nitrogens with one attached hydrogen (secondary N) is 2. The Hall–Kier alpha value is -2.49. The van der Waals surface area contributed by atoms with Crippen molar-refractivity contribution in [1.82, 2.24) is 9.97 Å². The van der Waals surface area contributed by atoms with E-state index in [1.807, 2.05) is 18.3 Å². The van der Waals surface area contributed by atoms with Crippen molar-refractivity contribution < 1.29 is 4.74 Å². The van der Waals surface area contributed by atoms with Gasteiger partial charge in [-0.15, -0.1) is 0 Å². The third-order valence-corrected chi connectivity index (χ3v) is 6.54. The van der Waals surface area contributed by atoms with Gasteiger partial charge in [-0.1, -0.05) is 39.0 Å². The van der Waals surface area contributed by atoms with Gasteiger partial charge >= 0.3 is 0 Å². The Labute approximate surface area is 180 Å². The molecule has 4 nitrogen and oxygen atoms in total. The number of aromatic nitrogens is 2. The summed E-state index contributed by atoms with van der Waals surface area (Å²) in [7, 11) is 1.74. The predicted octanol–water partition coefficient (Wildman–Crippen LogP) is 6.89. The minimum atomic E-state index is 0.617. The molecule has 0 saturated heterocycles. The van der Waals surface area contributed by atoms with E-state index in [1.165, 1.54) is 73.9 Å². The predicted molar refractivity (Wildman–Crippen MR) is 125 cm³/mol. The number of allylic oxidation sites excluding steroid dienone is 2. The Bertz CT molecular complexity index is 943. The van der Waals surface area contributed by atoms with Gasteiger partial charge in [0, 0.05) is 29.2 Å². The highest BCUT2D eigenvalue weighted by Gasteiger charge is 2.25. The molecule has 0 aromatic carbocycles. The van der Waals surface area contributed by atoms with Gasteiger partial charge < -0.3 is 14.7 Å². The number of hydrogen-bond donors (Lipinski definition) is 2. The van der Waals surface area contributed by atoms with E-state index in [1.54, 1.807) is 7.11 Å². The van der Waals surface area contributed by atoms with E-state index in [2.05, 4.69) is 35.9 Å². The summed E-state index contributed by atoms with van der Waals surface area (Å²) < 4.78 is 5.73. The lowest BCUT2D eigenvalue weighted by Gasteiger charge is -2.18. The van der Waals surface area contributed by atoms with Crippen LogP contribution in [0.2, 0.25) is 0 Å². The van der Waals surface area contributed by atoms with Gasteiger partial charge in [-0.2, -0.15) is 0 Å².